The van der Waals surface area contributed by atoms with Crippen molar-refractivity contribution >= 4 is 32.8 Å². The lowest BCUT2D eigenvalue weighted by Crippen LogP contribution is -2.32. The third-order valence-corrected chi connectivity index (χ3v) is 8.40. The summed E-state index contributed by atoms with van der Waals surface area (Å²) in [4.78, 5) is 20.7. The molecule has 33 heavy (non-hydrogen) atoms. The Kier molecular flexibility index (Phi) is 7.33. The van der Waals surface area contributed by atoms with E-state index in [1.807, 2.05) is 29.7 Å². The fourth-order valence-electron chi connectivity index (χ4n) is 5.61. The molecule has 0 bridgehead atoms. The number of carbonyl (C=O) groups is 1. The maximum atomic E-state index is 13.6. The maximum Gasteiger partial charge on any atom is 0.145 e. The summed E-state index contributed by atoms with van der Waals surface area (Å²) in [6, 6.07) is 14.9. The number of ketones is 1. The average molecular weight is 459 g/mol. The molecule has 1 aromatic carbocycles. The molecule has 3 nitrogen and oxygen atoms in total. The quantitative estimate of drug-likeness (QED) is 0.354. The molecule has 0 saturated heterocycles. The van der Waals surface area contributed by atoms with Gasteiger partial charge in [0.05, 0.1) is 11.6 Å². The van der Waals surface area contributed by atoms with Gasteiger partial charge in [0.2, 0.25) is 0 Å². The van der Waals surface area contributed by atoms with Gasteiger partial charge in [-0.3, -0.25) is 14.7 Å². The molecule has 1 atom stereocenters. The minimum absolute atomic E-state index is 0.0702. The number of benzene rings is 1. The van der Waals surface area contributed by atoms with E-state index in [1.165, 1.54) is 46.9 Å². The van der Waals surface area contributed by atoms with E-state index in [1.54, 1.807) is 0 Å². The number of Topliss-reactive ketones (excluding diaryl/α,β-unsaturated/α-hetero) is 1. The lowest BCUT2D eigenvalue weighted by molar-refractivity contribution is -0.125. The first-order valence-electron chi connectivity index (χ1n) is 12.6. The third kappa shape index (κ3) is 5.28. The Morgan fingerprint density at radius 2 is 1.94 bits per heavy atom. The van der Waals surface area contributed by atoms with Crippen LogP contribution in [-0.2, 0) is 4.79 Å². The number of hydrogen-bond acceptors (Lipinski definition) is 4. The fourth-order valence-corrected chi connectivity index (χ4v) is 6.42. The Hall–Kier alpha value is -2.30. The zero-order chi connectivity index (χ0) is 22.5. The molecule has 4 heteroatoms. The standard InChI is InChI=1S/C29H34N2OS/c32-29(23-8-3-1-2-4-9-23)26(27-11-5-6-17-30-27)15-20-31-18-13-22(14-19-31)24-10-7-12-28-25(24)16-21-33-28/h5-7,10-13,16-17,21,23,26H,1-4,8-9,14-15,18-20H2. The lowest BCUT2D eigenvalue weighted by Gasteiger charge is -2.29. The Morgan fingerprint density at radius 1 is 1.06 bits per heavy atom. The summed E-state index contributed by atoms with van der Waals surface area (Å²) in [6.45, 7) is 2.97. The van der Waals surface area contributed by atoms with Crippen LogP contribution in [0.25, 0.3) is 15.7 Å². The molecular weight excluding hydrogens is 424 g/mol. The molecule has 3 aromatic rings. The highest BCUT2D eigenvalue weighted by atomic mass is 32.1. The van der Waals surface area contributed by atoms with Gasteiger partial charge in [-0.15, -0.1) is 11.3 Å². The summed E-state index contributed by atoms with van der Waals surface area (Å²) in [5.41, 5.74) is 3.82. The second-order valence-electron chi connectivity index (χ2n) is 9.60. The first kappa shape index (κ1) is 22.5. The number of pyridine rings is 1. The third-order valence-electron chi connectivity index (χ3n) is 7.51. The van der Waals surface area contributed by atoms with Crippen LogP contribution in [-0.4, -0.2) is 35.3 Å². The topological polar surface area (TPSA) is 33.2 Å². The van der Waals surface area contributed by atoms with E-state index in [0.29, 0.717) is 5.78 Å². The molecule has 0 spiro atoms. The van der Waals surface area contributed by atoms with E-state index in [-0.39, 0.29) is 11.8 Å². The highest BCUT2D eigenvalue weighted by molar-refractivity contribution is 7.17. The van der Waals surface area contributed by atoms with E-state index >= 15 is 0 Å². The Labute approximate surface area is 201 Å². The SMILES string of the molecule is O=C(C1CCCCCC1)C(CCN1CC=C(c2cccc3sccc23)CC1)c1ccccn1. The van der Waals surface area contributed by atoms with Crippen LogP contribution < -0.4 is 0 Å². The molecule has 1 saturated carbocycles. The second-order valence-corrected chi connectivity index (χ2v) is 10.6. The van der Waals surface area contributed by atoms with E-state index < -0.39 is 0 Å². The van der Waals surface area contributed by atoms with Crippen LogP contribution in [0.2, 0.25) is 0 Å². The van der Waals surface area contributed by atoms with Crippen LogP contribution in [0.3, 0.4) is 0 Å². The second kappa shape index (κ2) is 10.8. The molecule has 0 N–H and O–H groups in total. The van der Waals surface area contributed by atoms with Gasteiger partial charge in [-0.1, -0.05) is 50.0 Å². The Bertz CT molecular complexity index is 1100. The molecule has 2 aliphatic rings. The number of rotatable bonds is 7. The molecular formula is C29H34N2OS. The molecule has 172 valence electrons. The van der Waals surface area contributed by atoms with Gasteiger partial charge in [0.25, 0.3) is 0 Å². The van der Waals surface area contributed by atoms with Gasteiger partial charge in [0, 0.05) is 29.9 Å². The largest absolute Gasteiger partial charge is 0.299 e. The maximum absolute atomic E-state index is 13.6. The van der Waals surface area contributed by atoms with Gasteiger partial charge >= 0.3 is 0 Å². The molecule has 5 rings (SSSR count). The van der Waals surface area contributed by atoms with E-state index in [0.717, 1.165) is 51.0 Å². The number of aromatic nitrogens is 1. The van der Waals surface area contributed by atoms with Crippen LogP contribution in [0.15, 0.2) is 60.1 Å². The minimum atomic E-state index is -0.0702. The van der Waals surface area contributed by atoms with Crippen molar-refractivity contribution in [3.05, 3.63) is 71.4 Å². The van der Waals surface area contributed by atoms with Gasteiger partial charge in [-0.05, 0) is 78.4 Å². The van der Waals surface area contributed by atoms with Crippen molar-refractivity contribution in [3.8, 4) is 0 Å². The van der Waals surface area contributed by atoms with Crippen LogP contribution in [0, 0.1) is 5.92 Å². The van der Waals surface area contributed by atoms with Crippen molar-refractivity contribution in [1.29, 1.82) is 0 Å². The first-order chi connectivity index (χ1) is 16.3. The van der Waals surface area contributed by atoms with Gasteiger partial charge in [-0.2, -0.15) is 0 Å². The minimum Gasteiger partial charge on any atom is -0.299 e. The summed E-state index contributed by atoms with van der Waals surface area (Å²) in [5, 5.41) is 3.57. The molecule has 0 radical (unpaired) electrons. The van der Waals surface area contributed by atoms with Crippen molar-refractivity contribution in [2.45, 2.75) is 57.3 Å². The van der Waals surface area contributed by atoms with Crippen molar-refractivity contribution in [1.82, 2.24) is 9.88 Å². The highest BCUT2D eigenvalue weighted by Gasteiger charge is 2.30. The zero-order valence-corrected chi connectivity index (χ0v) is 20.2. The Morgan fingerprint density at radius 3 is 2.70 bits per heavy atom. The molecule has 1 aliphatic carbocycles. The summed E-state index contributed by atoms with van der Waals surface area (Å²) < 4.78 is 1.37. The summed E-state index contributed by atoms with van der Waals surface area (Å²) in [7, 11) is 0. The van der Waals surface area contributed by atoms with Crippen molar-refractivity contribution in [2.24, 2.45) is 5.92 Å². The predicted octanol–water partition coefficient (Wildman–Crippen LogP) is 7.10. The zero-order valence-electron chi connectivity index (χ0n) is 19.4. The van der Waals surface area contributed by atoms with Crippen LogP contribution in [0.1, 0.15) is 68.5 Å². The lowest BCUT2D eigenvalue weighted by atomic mass is 9.83. The van der Waals surface area contributed by atoms with E-state index in [2.05, 4.69) is 51.7 Å². The number of carbonyl (C=O) groups excluding carboxylic acids is 1. The Balaban J connectivity index is 1.26. The molecule has 3 heterocycles. The fraction of sp³-hybridized carbons (Fsp3) is 0.448. The molecule has 1 fully saturated rings. The molecule has 2 aromatic heterocycles. The van der Waals surface area contributed by atoms with Gasteiger partial charge in [0.15, 0.2) is 0 Å². The van der Waals surface area contributed by atoms with Crippen molar-refractivity contribution in [3.63, 3.8) is 0 Å². The number of thiophene rings is 1. The van der Waals surface area contributed by atoms with E-state index in [9.17, 15) is 4.79 Å². The number of fused-ring (bicyclic) bond motifs is 1. The smallest absolute Gasteiger partial charge is 0.145 e. The monoisotopic (exact) mass is 458 g/mol. The summed E-state index contributed by atoms with van der Waals surface area (Å²) in [6.07, 6.45) is 13.2. The van der Waals surface area contributed by atoms with Crippen LogP contribution in [0.5, 0.6) is 0 Å². The van der Waals surface area contributed by atoms with E-state index in [4.69, 9.17) is 0 Å². The summed E-state index contributed by atoms with van der Waals surface area (Å²) in [5.74, 6) is 0.589. The van der Waals surface area contributed by atoms with Crippen molar-refractivity contribution in [2.75, 3.05) is 19.6 Å². The van der Waals surface area contributed by atoms with Gasteiger partial charge in [-0.25, -0.2) is 0 Å². The predicted molar refractivity (Wildman–Crippen MR) is 139 cm³/mol. The van der Waals surface area contributed by atoms with Crippen LogP contribution >= 0.6 is 11.3 Å². The number of nitrogens with zero attached hydrogens (tertiary/aromatic N) is 2. The summed E-state index contributed by atoms with van der Waals surface area (Å²) >= 11 is 1.82. The first-order valence-corrected chi connectivity index (χ1v) is 13.5. The molecule has 0 amide bonds. The number of hydrogen-bond donors (Lipinski definition) is 0. The average Bonchev–Trinajstić information content (AvgIpc) is 3.19. The van der Waals surface area contributed by atoms with Crippen molar-refractivity contribution < 1.29 is 4.79 Å². The highest BCUT2D eigenvalue weighted by Crippen LogP contribution is 2.33. The van der Waals surface area contributed by atoms with Gasteiger partial charge < -0.3 is 0 Å². The normalized spacial score (nSPS) is 19.2. The van der Waals surface area contributed by atoms with Gasteiger partial charge in [0.1, 0.15) is 5.78 Å². The molecule has 1 aliphatic heterocycles. The van der Waals surface area contributed by atoms with Crippen LogP contribution in [0.4, 0.5) is 0 Å². The molecule has 1 unspecified atom stereocenters.